The van der Waals surface area contributed by atoms with E-state index in [1.807, 2.05) is 13.0 Å². The summed E-state index contributed by atoms with van der Waals surface area (Å²) < 4.78 is 4.73. The lowest BCUT2D eigenvalue weighted by molar-refractivity contribution is -0.136. The van der Waals surface area contributed by atoms with Gasteiger partial charge in [0.2, 0.25) is 0 Å². The monoisotopic (exact) mass is 239 g/mol. The number of rotatable bonds is 5. The summed E-state index contributed by atoms with van der Waals surface area (Å²) in [5, 5.41) is 3.51. The molecule has 1 saturated carbocycles. The maximum Gasteiger partial charge on any atom is 0.333 e. The fourth-order valence-electron chi connectivity index (χ4n) is 2.47. The van der Waals surface area contributed by atoms with E-state index in [2.05, 4.69) is 12.2 Å². The quantitative estimate of drug-likeness (QED) is 0.592. The first-order valence-electron chi connectivity index (χ1n) is 6.68. The van der Waals surface area contributed by atoms with Crippen molar-refractivity contribution in [3.63, 3.8) is 0 Å². The molecule has 0 aromatic heterocycles. The highest BCUT2D eigenvalue weighted by atomic mass is 16.5. The predicted molar refractivity (Wildman–Crippen MR) is 69.8 cm³/mol. The molecule has 0 bridgehead atoms. The molecular weight excluding hydrogens is 214 g/mol. The van der Waals surface area contributed by atoms with Crippen LogP contribution in [0.1, 0.15) is 46.0 Å². The van der Waals surface area contributed by atoms with E-state index in [4.69, 9.17) is 4.74 Å². The van der Waals surface area contributed by atoms with Gasteiger partial charge in [-0.3, -0.25) is 0 Å². The minimum absolute atomic E-state index is 0.202. The van der Waals surface area contributed by atoms with Crippen molar-refractivity contribution in [3.8, 4) is 0 Å². The maximum absolute atomic E-state index is 11.4. The number of hydrogen-bond acceptors (Lipinski definition) is 3. The average Bonchev–Trinajstić information content (AvgIpc) is 2.34. The summed E-state index contributed by atoms with van der Waals surface area (Å²) in [4.78, 5) is 11.4. The molecule has 0 amide bonds. The van der Waals surface area contributed by atoms with Crippen molar-refractivity contribution < 1.29 is 9.53 Å². The number of ether oxygens (including phenoxy) is 1. The molecule has 0 aromatic carbocycles. The Morgan fingerprint density at radius 3 is 2.82 bits per heavy atom. The van der Waals surface area contributed by atoms with Crippen molar-refractivity contribution in [2.75, 3.05) is 13.7 Å². The third-order valence-electron chi connectivity index (χ3n) is 3.52. The summed E-state index contributed by atoms with van der Waals surface area (Å²) in [5.41, 5.74) is 0.767. The normalized spacial score (nSPS) is 25.7. The summed E-state index contributed by atoms with van der Waals surface area (Å²) in [6.45, 7) is 5.07. The third-order valence-corrected chi connectivity index (χ3v) is 3.52. The van der Waals surface area contributed by atoms with Gasteiger partial charge < -0.3 is 10.1 Å². The summed E-state index contributed by atoms with van der Waals surface area (Å²) in [6, 6.07) is 0.616. The highest BCUT2D eigenvalue weighted by Gasteiger charge is 2.17. The minimum Gasteiger partial charge on any atom is -0.466 e. The van der Waals surface area contributed by atoms with Gasteiger partial charge in [-0.25, -0.2) is 4.79 Å². The van der Waals surface area contributed by atoms with Crippen molar-refractivity contribution >= 4 is 5.97 Å². The van der Waals surface area contributed by atoms with Crippen LogP contribution < -0.4 is 5.32 Å². The molecule has 0 aliphatic heterocycles. The van der Waals surface area contributed by atoms with Gasteiger partial charge in [0.25, 0.3) is 0 Å². The first-order chi connectivity index (χ1) is 8.17. The predicted octanol–water partition coefficient (Wildman–Crippen LogP) is 2.66. The zero-order valence-electron chi connectivity index (χ0n) is 11.3. The molecule has 0 spiro atoms. The lowest BCUT2D eigenvalue weighted by Gasteiger charge is -2.27. The molecule has 0 aromatic rings. The third kappa shape index (κ3) is 4.90. The van der Waals surface area contributed by atoms with Gasteiger partial charge in [-0.05, 0) is 25.2 Å². The van der Waals surface area contributed by atoms with E-state index in [9.17, 15) is 4.79 Å². The van der Waals surface area contributed by atoms with Crippen LogP contribution in [0, 0.1) is 5.92 Å². The lowest BCUT2D eigenvalue weighted by Crippen LogP contribution is -2.33. The molecule has 3 heteroatoms. The summed E-state index contributed by atoms with van der Waals surface area (Å²) in [7, 11) is 1.43. The SMILES string of the molecule is CCC(=CCNC1CCCC(C)C1)C(=O)OC. The largest absolute Gasteiger partial charge is 0.466 e. The molecule has 0 saturated heterocycles. The van der Waals surface area contributed by atoms with E-state index in [1.165, 1.54) is 32.8 Å². The standard InChI is InChI=1S/C14H25NO2/c1-4-12(14(16)17-3)8-9-15-13-7-5-6-11(2)10-13/h8,11,13,15H,4-7,9-10H2,1-3H3. The first kappa shape index (κ1) is 14.2. The van der Waals surface area contributed by atoms with Crippen LogP contribution in [-0.4, -0.2) is 25.7 Å². The number of carbonyl (C=O) groups excluding carboxylic acids is 1. The van der Waals surface area contributed by atoms with Crippen molar-refractivity contribution in [2.24, 2.45) is 5.92 Å². The van der Waals surface area contributed by atoms with Gasteiger partial charge in [0.15, 0.2) is 0 Å². The molecule has 0 radical (unpaired) electrons. The van der Waals surface area contributed by atoms with Crippen LogP contribution in [0.25, 0.3) is 0 Å². The highest BCUT2D eigenvalue weighted by molar-refractivity contribution is 5.88. The second-order valence-corrected chi connectivity index (χ2v) is 4.95. The van der Waals surface area contributed by atoms with Gasteiger partial charge in [0.1, 0.15) is 0 Å². The molecule has 1 N–H and O–H groups in total. The van der Waals surface area contributed by atoms with Crippen LogP contribution in [0.3, 0.4) is 0 Å². The van der Waals surface area contributed by atoms with Crippen molar-refractivity contribution in [2.45, 2.75) is 52.0 Å². The molecule has 0 heterocycles. The first-order valence-corrected chi connectivity index (χ1v) is 6.68. The van der Waals surface area contributed by atoms with E-state index < -0.39 is 0 Å². The topological polar surface area (TPSA) is 38.3 Å². The lowest BCUT2D eigenvalue weighted by atomic mass is 9.87. The van der Waals surface area contributed by atoms with Crippen molar-refractivity contribution in [1.82, 2.24) is 5.32 Å². The van der Waals surface area contributed by atoms with Crippen LogP contribution in [-0.2, 0) is 9.53 Å². The van der Waals surface area contributed by atoms with Crippen molar-refractivity contribution in [3.05, 3.63) is 11.6 Å². The molecule has 2 atom stereocenters. The Balaban J connectivity index is 2.34. The molecule has 1 aliphatic rings. The number of carbonyl (C=O) groups is 1. The Hall–Kier alpha value is -0.830. The summed E-state index contributed by atoms with van der Waals surface area (Å²) in [5.74, 6) is 0.628. The molecule has 17 heavy (non-hydrogen) atoms. The van der Waals surface area contributed by atoms with Gasteiger partial charge in [-0.15, -0.1) is 0 Å². The van der Waals surface area contributed by atoms with Gasteiger partial charge in [0.05, 0.1) is 7.11 Å². The van der Waals surface area contributed by atoms with E-state index >= 15 is 0 Å². The average molecular weight is 239 g/mol. The van der Waals surface area contributed by atoms with Crippen LogP contribution in [0.5, 0.6) is 0 Å². The van der Waals surface area contributed by atoms with E-state index in [-0.39, 0.29) is 5.97 Å². The molecule has 1 aliphatic carbocycles. The van der Waals surface area contributed by atoms with Crippen LogP contribution >= 0.6 is 0 Å². The van der Waals surface area contributed by atoms with Gasteiger partial charge in [-0.1, -0.05) is 32.8 Å². The highest BCUT2D eigenvalue weighted by Crippen LogP contribution is 2.23. The zero-order chi connectivity index (χ0) is 12.7. The Labute approximate surface area is 105 Å². The smallest absolute Gasteiger partial charge is 0.333 e. The minimum atomic E-state index is -0.202. The second-order valence-electron chi connectivity index (χ2n) is 4.95. The fraction of sp³-hybridized carbons (Fsp3) is 0.786. The van der Waals surface area contributed by atoms with E-state index in [0.29, 0.717) is 6.04 Å². The molecule has 1 rings (SSSR count). The Bertz CT molecular complexity index is 273. The zero-order valence-corrected chi connectivity index (χ0v) is 11.3. The Morgan fingerprint density at radius 2 is 2.24 bits per heavy atom. The molecular formula is C14H25NO2. The van der Waals surface area contributed by atoms with Gasteiger partial charge in [0, 0.05) is 18.2 Å². The number of hydrogen-bond donors (Lipinski definition) is 1. The Morgan fingerprint density at radius 1 is 1.47 bits per heavy atom. The van der Waals surface area contributed by atoms with Crippen LogP contribution in [0.4, 0.5) is 0 Å². The summed E-state index contributed by atoms with van der Waals surface area (Å²) in [6.07, 6.45) is 7.89. The van der Waals surface area contributed by atoms with E-state index in [0.717, 1.165) is 24.5 Å². The van der Waals surface area contributed by atoms with Gasteiger partial charge >= 0.3 is 5.97 Å². The number of methoxy groups -OCH3 is 1. The fourth-order valence-corrected chi connectivity index (χ4v) is 2.47. The summed E-state index contributed by atoms with van der Waals surface area (Å²) >= 11 is 0. The molecule has 1 fully saturated rings. The Kier molecular flexibility index (Phi) is 6.27. The van der Waals surface area contributed by atoms with E-state index in [1.54, 1.807) is 0 Å². The van der Waals surface area contributed by atoms with Crippen LogP contribution in [0.2, 0.25) is 0 Å². The van der Waals surface area contributed by atoms with Crippen molar-refractivity contribution in [1.29, 1.82) is 0 Å². The number of nitrogens with one attached hydrogen (secondary N) is 1. The second kappa shape index (κ2) is 7.49. The maximum atomic E-state index is 11.4. The van der Waals surface area contributed by atoms with Gasteiger partial charge in [-0.2, -0.15) is 0 Å². The molecule has 3 nitrogen and oxygen atoms in total. The molecule has 98 valence electrons. The molecule has 2 unspecified atom stereocenters. The van der Waals surface area contributed by atoms with Crippen LogP contribution in [0.15, 0.2) is 11.6 Å². The number of esters is 1.